The highest BCUT2D eigenvalue weighted by Gasteiger charge is 2.33. The third-order valence-corrected chi connectivity index (χ3v) is 2.69. The van der Waals surface area contributed by atoms with Gasteiger partial charge in [-0.05, 0) is 18.2 Å². The smallest absolute Gasteiger partial charge is 0.418 e. The minimum atomic E-state index is -4.40. The first-order chi connectivity index (χ1) is 8.98. The van der Waals surface area contributed by atoms with Crippen LogP contribution in [-0.4, -0.2) is 5.11 Å². The molecular weight excluding hydrogens is 255 g/mol. The van der Waals surface area contributed by atoms with E-state index in [0.717, 1.165) is 6.07 Å². The lowest BCUT2D eigenvalue weighted by atomic mass is 10.1. The van der Waals surface area contributed by atoms with Gasteiger partial charge in [-0.3, -0.25) is 0 Å². The summed E-state index contributed by atoms with van der Waals surface area (Å²) in [6.07, 6.45) is -4.40. The molecule has 0 unspecified atom stereocenters. The van der Waals surface area contributed by atoms with Crippen molar-refractivity contribution in [1.29, 1.82) is 0 Å². The molecule has 0 bridgehead atoms. The Bertz CT molecular complexity index is 567. The number of phenols is 1. The van der Waals surface area contributed by atoms with Crippen LogP contribution in [0.1, 0.15) is 11.1 Å². The average Bonchev–Trinajstić information content (AvgIpc) is 2.37. The molecule has 0 saturated heterocycles. The van der Waals surface area contributed by atoms with Crippen LogP contribution in [0.5, 0.6) is 5.75 Å². The van der Waals surface area contributed by atoms with E-state index in [0.29, 0.717) is 5.56 Å². The Morgan fingerprint density at radius 3 is 2.26 bits per heavy atom. The Kier molecular flexibility index (Phi) is 3.64. The Labute approximate surface area is 108 Å². The molecule has 2 nitrogen and oxygen atoms in total. The van der Waals surface area contributed by atoms with Gasteiger partial charge >= 0.3 is 6.18 Å². The van der Waals surface area contributed by atoms with E-state index in [4.69, 9.17) is 0 Å². The standard InChI is InChI=1S/C14H12F3NO/c15-14(16,17)11-6-2-3-7-12(11)18-9-10-5-1-4-8-13(10)19/h1-8,18-19H,9H2. The third-order valence-electron chi connectivity index (χ3n) is 2.69. The molecule has 0 spiro atoms. The average molecular weight is 267 g/mol. The fourth-order valence-corrected chi connectivity index (χ4v) is 1.74. The number of rotatable bonds is 3. The molecule has 2 rings (SSSR count). The van der Waals surface area contributed by atoms with Crippen molar-refractivity contribution in [2.24, 2.45) is 0 Å². The normalized spacial score (nSPS) is 11.3. The van der Waals surface area contributed by atoms with Gasteiger partial charge in [-0.1, -0.05) is 30.3 Å². The van der Waals surface area contributed by atoms with Crippen LogP contribution in [0.15, 0.2) is 48.5 Å². The molecule has 0 aromatic heterocycles. The van der Waals surface area contributed by atoms with Gasteiger partial charge in [0.1, 0.15) is 5.75 Å². The fraction of sp³-hybridized carbons (Fsp3) is 0.143. The van der Waals surface area contributed by atoms with Crippen LogP contribution in [0, 0.1) is 0 Å². The third kappa shape index (κ3) is 3.19. The summed E-state index contributed by atoms with van der Waals surface area (Å²) in [6.45, 7) is 0.125. The number of hydrogen-bond acceptors (Lipinski definition) is 2. The Balaban J connectivity index is 2.19. The van der Waals surface area contributed by atoms with Crippen molar-refractivity contribution in [3.05, 3.63) is 59.7 Å². The van der Waals surface area contributed by atoms with Crippen LogP contribution in [-0.2, 0) is 12.7 Å². The summed E-state index contributed by atoms with van der Waals surface area (Å²) in [7, 11) is 0. The maximum absolute atomic E-state index is 12.8. The molecule has 0 aliphatic heterocycles. The van der Waals surface area contributed by atoms with E-state index in [1.807, 2.05) is 0 Å². The topological polar surface area (TPSA) is 32.3 Å². The van der Waals surface area contributed by atoms with E-state index >= 15 is 0 Å². The number of halogens is 3. The molecule has 0 aliphatic rings. The zero-order valence-electron chi connectivity index (χ0n) is 9.91. The van der Waals surface area contributed by atoms with Gasteiger partial charge in [-0.25, -0.2) is 0 Å². The molecule has 2 N–H and O–H groups in total. The van der Waals surface area contributed by atoms with E-state index in [1.54, 1.807) is 18.2 Å². The van der Waals surface area contributed by atoms with Gasteiger partial charge < -0.3 is 10.4 Å². The summed E-state index contributed by atoms with van der Waals surface area (Å²) in [6, 6.07) is 11.8. The molecule has 5 heteroatoms. The largest absolute Gasteiger partial charge is 0.508 e. The molecule has 100 valence electrons. The maximum Gasteiger partial charge on any atom is 0.418 e. The number of nitrogens with one attached hydrogen (secondary N) is 1. The minimum Gasteiger partial charge on any atom is -0.508 e. The second kappa shape index (κ2) is 5.22. The van der Waals surface area contributed by atoms with Crippen LogP contribution in [0.2, 0.25) is 0 Å². The first-order valence-corrected chi connectivity index (χ1v) is 5.65. The summed E-state index contributed by atoms with van der Waals surface area (Å²) < 4.78 is 38.3. The highest BCUT2D eigenvalue weighted by Crippen LogP contribution is 2.34. The van der Waals surface area contributed by atoms with Gasteiger partial charge in [0.25, 0.3) is 0 Å². The number of anilines is 1. The lowest BCUT2D eigenvalue weighted by Crippen LogP contribution is -2.10. The molecule has 19 heavy (non-hydrogen) atoms. The Morgan fingerprint density at radius 1 is 0.947 bits per heavy atom. The molecule has 0 atom stereocenters. The number of aromatic hydroxyl groups is 1. The van der Waals surface area contributed by atoms with Crippen LogP contribution in [0.4, 0.5) is 18.9 Å². The van der Waals surface area contributed by atoms with Crippen molar-refractivity contribution in [3.8, 4) is 5.75 Å². The van der Waals surface area contributed by atoms with Crippen LogP contribution < -0.4 is 5.32 Å². The second-order valence-electron chi connectivity index (χ2n) is 4.03. The van der Waals surface area contributed by atoms with E-state index in [1.165, 1.54) is 24.3 Å². The number of para-hydroxylation sites is 2. The summed E-state index contributed by atoms with van der Waals surface area (Å²) in [4.78, 5) is 0. The van der Waals surface area contributed by atoms with Gasteiger partial charge in [-0.15, -0.1) is 0 Å². The van der Waals surface area contributed by atoms with Gasteiger partial charge in [0.15, 0.2) is 0 Å². The van der Waals surface area contributed by atoms with E-state index in [-0.39, 0.29) is 18.0 Å². The van der Waals surface area contributed by atoms with Crippen molar-refractivity contribution >= 4 is 5.69 Å². The lowest BCUT2D eigenvalue weighted by Gasteiger charge is -2.14. The summed E-state index contributed by atoms with van der Waals surface area (Å²) in [5, 5.41) is 12.3. The highest BCUT2D eigenvalue weighted by atomic mass is 19.4. The molecule has 2 aromatic carbocycles. The van der Waals surface area contributed by atoms with Crippen molar-refractivity contribution in [1.82, 2.24) is 0 Å². The predicted octanol–water partition coefficient (Wildman–Crippen LogP) is 4.02. The SMILES string of the molecule is Oc1ccccc1CNc1ccccc1C(F)(F)F. The van der Waals surface area contributed by atoms with Crippen molar-refractivity contribution in [2.75, 3.05) is 5.32 Å². The molecule has 0 fully saturated rings. The second-order valence-corrected chi connectivity index (χ2v) is 4.03. The monoisotopic (exact) mass is 267 g/mol. The van der Waals surface area contributed by atoms with Crippen LogP contribution in [0.25, 0.3) is 0 Å². The number of benzene rings is 2. The van der Waals surface area contributed by atoms with Crippen molar-refractivity contribution < 1.29 is 18.3 Å². The quantitative estimate of drug-likeness (QED) is 0.880. The first kappa shape index (κ1) is 13.3. The maximum atomic E-state index is 12.8. The fourth-order valence-electron chi connectivity index (χ4n) is 1.74. The molecular formula is C14H12F3NO. The summed E-state index contributed by atoms with van der Waals surface area (Å²) >= 11 is 0. The zero-order chi connectivity index (χ0) is 13.9. The predicted molar refractivity (Wildman–Crippen MR) is 66.9 cm³/mol. The van der Waals surface area contributed by atoms with Crippen LogP contribution >= 0.6 is 0 Å². The van der Waals surface area contributed by atoms with E-state index in [9.17, 15) is 18.3 Å². The van der Waals surface area contributed by atoms with Gasteiger partial charge in [0.2, 0.25) is 0 Å². The Morgan fingerprint density at radius 2 is 1.58 bits per heavy atom. The highest BCUT2D eigenvalue weighted by molar-refractivity contribution is 5.53. The molecule has 0 heterocycles. The van der Waals surface area contributed by atoms with Crippen molar-refractivity contribution in [2.45, 2.75) is 12.7 Å². The summed E-state index contributed by atoms with van der Waals surface area (Å²) in [5.74, 6) is 0.0551. The molecule has 0 amide bonds. The number of alkyl halides is 3. The lowest BCUT2D eigenvalue weighted by molar-refractivity contribution is -0.136. The molecule has 0 aliphatic carbocycles. The van der Waals surface area contributed by atoms with Crippen molar-refractivity contribution in [3.63, 3.8) is 0 Å². The first-order valence-electron chi connectivity index (χ1n) is 5.65. The number of hydrogen-bond donors (Lipinski definition) is 2. The molecule has 2 aromatic rings. The van der Waals surface area contributed by atoms with E-state index < -0.39 is 11.7 Å². The number of phenolic OH excluding ortho intramolecular Hbond substituents is 1. The van der Waals surface area contributed by atoms with Gasteiger partial charge in [-0.2, -0.15) is 13.2 Å². The molecule has 0 saturated carbocycles. The minimum absolute atomic E-state index is 0.00162. The summed E-state index contributed by atoms with van der Waals surface area (Å²) in [5.41, 5.74) is -0.178. The van der Waals surface area contributed by atoms with Gasteiger partial charge in [0, 0.05) is 17.8 Å². The van der Waals surface area contributed by atoms with E-state index in [2.05, 4.69) is 5.32 Å². The van der Waals surface area contributed by atoms with Gasteiger partial charge in [0.05, 0.1) is 5.56 Å². The Hall–Kier alpha value is -2.17. The zero-order valence-corrected chi connectivity index (χ0v) is 9.91. The van der Waals surface area contributed by atoms with Crippen LogP contribution in [0.3, 0.4) is 0 Å². The molecule has 0 radical (unpaired) electrons.